The maximum Gasteiger partial charge on any atom is 0.357 e. The highest BCUT2D eigenvalue weighted by atomic mass is 35.5. The molecule has 110 valence electrons. The first kappa shape index (κ1) is 14.4. The van der Waals surface area contributed by atoms with Crippen molar-refractivity contribution in [1.29, 1.82) is 0 Å². The van der Waals surface area contributed by atoms with Crippen LogP contribution in [0, 0.1) is 0 Å². The molecule has 6 heteroatoms. The van der Waals surface area contributed by atoms with Crippen LogP contribution in [0.2, 0.25) is 10.0 Å². The van der Waals surface area contributed by atoms with Gasteiger partial charge in [-0.3, -0.25) is 0 Å². The van der Waals surface area contributed by atoms with Crippen LogP contribution in [0.5, 0.6) is 0 Å². The van der Waals surface area contributed by atoms with Crippen LogP contribution in [-0.2, 0) is 4.74 Å². The van der Waals surface area contributed by atoms with E-state index >= 15 is 0 Å². The van der Waals surface area contributed by atoms with Gasteiger partial charge < -0.3 is 4.74 Å². The molecule has 0 N–H and O–H groups in total. The summed E-state index contributed by atoms with van der Waals surface area (Å²) < 4.78 is 6.66. The topological polar surface area (TPSA) is 44.1 Å². The van der Waals surface area contributed by atoms with Crippen molar-refractivity contribution in [3.63, 3.8) is 0 Å². The molecular weight excluding hydrogens is 311 g/mol. The third kappa shape index (κ3) is 2.65. The molecule has 3 rings (SSSR count). The van der Waals surface area contributed by atoms with E-state index in [1.54, 1.807) is 31.3 Å². The minimum atomic E-state index is -0.395. The molecule has 1 aliphatic rings. The van der Waals surface area contributed by atoms with Gasteiger partial charge in [0.15, 0.2) is 5.69 Å². The summed E-state index contributed by atoms with van der Waals surface area (Å²) >= 11 is 12.4. The van der Waals surface area contributed by atoms with Crippen molar-refractivity contribution in [1.82, 2.24) is 9.78 Å². The number of para-hydroxylation sites is 1. The fourth-order valence-corrected chi connectivity index (χ4v) is 2.88. The maximum atomic E-state index is 12.3. The number of carbonyl (C=O) groups excluding carboxylic acids is 1. The normalized spacial score (nSPS) is 14.2. The van der Waals surface area contributed by atoms with E-state index in [0.29, 0.717) is 34.0 Å². The van der Waals surface area contributed by atoms with Gasteiger partial charge in [0.2, 0.25) is 0 Å². The molecule has 0 unspecified atom stereocenters. The van der Waals surface area contributed by atoms with E-state index in [0.717, 1.165) is 18.4 Å². The van der Waals surface area contributed by atoms with Gasteiger partial charge in [-0.2, -0.15) is 5.10 Å². The summed E-state index contributed by atoms with van der Waals surface area (Å²) in [6, 6.07) is 5.19. The molecule has 1 aliphatic carbocycles. The van der Waals surface area contributed by atoms with Gasteiger partial charge in [-0.1, -0.05) is 29.3 Å². The number of benzene rings is 1. The van der Waals surface area contributed by atoms with Gasteiger partial charge >= 0.3 is 5.97 Å². The van der Waals surface area contributed by atoms with Crippen molar-refractivity contribution in [2.24, 2.45) is 0 Å². The minimum absolute atomic E-state index is 0.310. The monoisotopic (exact) mass is 324 g/mol. The summed E-state index contributed by atoms with van der Waals surface area (Å²) in [7, 11) is 0. The summed E-state index contributed by atoms with van der Waals surface area (Å²) in [6.45, 7) is 2.09. The average molecular weight is 325 g/mol. The smallest absolute Gasteiger partial charge is 0.357 e. The molecular formula is C15H14Cl2N2O2. The Labute approximate surface area is 132 Å². The van der Waals surface area contributed by atoms with Crippen LogP contribution in [0.4, 0.5) is 0 Å². The Balaban J connectivity index is 2.16. The Hall–Kier alpha value is -1.52. The molecule has 0 atom stereocenters. The van der Waals surface area contributed by atoms with Crippen molar-refractivity contribution < 1.29 is 9.53 Å². The Morgan fingerprint density at radius 3 is 2.62 bits per heavy atom. The number of ether oxygens (including phenoxy) is 1. The van der Waals surface area contributed by atoms with Gasteiger partial charge in [0, 0.05) is 5.56 Å². The lowest BCUT2D eigenvalue weighted by Gasteiger charge is -2.11. The van der Waals surface area contributed by atoms with E-state index in [4.69, 9.17) is 27.9 Å². The van der Waals surface area contributed by atoms with Gasteiger partial charge in [-0.15, -0.1) is 0 Å². The maximum absolute atomic E-state index is 12.3. The van der Waals surface area contributed by atoms with Crippen LogP contribution in [0.15, 0.2) is 24.4 Å². The molecule has 0 spiro atoms. The predicted molar refractivity (Wildman–Crippen MR) is 81.5 cm³/mol. The van der Waals surface area contributed by atoms with Crippen LogP contribution in [0.25, 0.3) is 5.69 Å². The van der Waals surface area contributed by atoms with Crippen LogP contribution < -0.4 is 0 Å². The molecule has 4 nitrogen and oxygen atoms in total. The summed E-state index contributed by atoms with van der Waals surface area (Å²) in [5, 5.41) is 5.21. The van der Waals surface area contributed by atoms with Crippen molar-refractivity contribution in [2.45, 2.75) is 25.7 Å². The highest BCUT2D eigenvalue weighted by molar-refractivity contribution is 6.37. The number of carbonyl (C=O) groups is 1. The van der Waals surface area contributed by atoms with Gasteiger partial charge in [0.1, 0.15) is 5.69 Å². The Morgan fingerprint density at radius 2 is 2.05 bits per heavy atom. The second kappa shape index (κ2) is 5.70. The van der Waals surface area contributed by atoms with Gasteiger partial charge in [-0.05, 0) is 37.8 Å². The number of hydrogen-bond acceptors (Lipinski definition) is 3. The van der Waals surface area contributed by atoms with Crippen molar-refractivity contribution >= 4 is 29.2 Å². The molecule has 0 radical (unpaired) electrons. The molecule has 1 fully saturated rings. The largest absolute Gasteiger partial charge is 0.461 e. The number of halogens is 2. The first-order valence-electron chi connectivity index (χ1n) is 6.83. The van der Waals surface area contributed by atoms with Crippen LogP contribution in [0.1, 0.15) is 41.7 Å². The predicted octanol–water partition coefficient (Wildman–Crippen LogP) is 4.23. The van der Waals surface area contributed by atoms with Crippen LogP contribution >= 0.6 is 23.2 Å². The fraction of sp³-hybridized carbons (Fsp3) is 0.333. The third-order valence-corrected chi connectivity index (χ3v) is 4.04. The lowest BCUT2D eigenvalue weighted by Crippen LogP contribution is -2.14. The Morgan fingerprint density at radius 1 is 1.38 bits per heavy atom. The van der Waals surface area contributed by atoms with E-state index in [-0.39, 0.29) is 0 Å². The van der Waals surface area contributed by atoms with E-state index in [1.165, 1.54) is 4.68 Å². The number of hydrogen-bond donors (Lipinski definition) is 0. The van der Waals surface area contributed by atoms with E-state index in [2.05, 4.69) is 5.10 Å². The van der Waals surface area contributed by atoms with E-state index < -0.39 is 5.97 Å². The summed E-state index contributed by atoms with van der Waals surface area (Å²) in [5.74, 6) is -0.0210. The summed E-state index contributed by atoms with van der Waals surface area (Å²) in [4.78, 5) is 12.3. The zero-order valence-corrected chi connectivity index (χ0v) is 13.0. The lowest BCUT2D eigenvalue weighted by molar-refractivity contribution is 0.0514. The molecule has 0 saturated heterocycles. The van der Waals surface area contributed by atoms with Gasteiger partial charge in [0.05, 0.1) is 22.8 Å². The first-order valence-corrected chi connectivity index (χ1v) is 7.58. The van der Waals surface area contributed by atoms with Crippen molar-refractivity contribution in [3.05, 3.63) is 45.7 Å². The number of rotatable bonds is 4. The molecule has 0 aliphatic heterocycles. The minimum Gasteiger partial charge on any atom is -0.461 e. The number of esters is 1. The van der Waals surface area contributed by atoms with Gasteiger partial charge in [0.25, 0.3) is 0 Å². The molecule has 2 aromatic rings. The number of nitrogens with zero attached hydrogens (tertiary/aromatic N) is 2. The van der Waals surface area contributed by atoms with Crippen LogP contribution in [0.3, 0.4) is 0 Å². The molecule has 1 saturated carbocycles. The highest BCUT2D eigenvalue weighted by Crippen LogP contribution is 2.43. The van der Waals surface area contributed by atoms with Gasteiger partial charge in [-0.25, -0.2) is 9.48 Å². The molecule has 1 aromatic heterocycles. The number of aromatic nitrogens is 2. The molecule has 21 heavy (non-hydrogen) atoms. The highest BCUT2D eigenvalue weighted by Gasteiger charge is 2.33. The summed E-state index contributed by atoms with van der Waals surface area (Å²) in [6.07, 6.45) is 3.84. The third-order valence-electron chi connectivity index (χ3n) is 3.43. The van der Waals surface area contributed by atoms with Crippen LogP contribution in [-0.4, -0.2) is 22.4 Å². The van der Waals surface area contributed by atoms with E-state index in [9.17, 15) is 4.79 Å². The van der Waals surface area contributed by atoms with Crippen molar-refractivity contribution in [2.75, 3.05) is 6.61 Å². The molecule has 1 heterocycles. The second-order valence-corrected chi connectivity index (χ2v) is 5.74. The first-order chi connectivity index (χ1) is 10.1. The summed E-state index contributed by atoms with van der Waals surface area (Å²) in [5.41, 5.74) is 1.84. The standard InChI is InChI=1S/C15H14Cl2N2O2/c1-2-21-15(20)13-10(9-6-7-9)8-18-19(13)14-11(16)4-3-5-12(14)17/h3-5,8-9H,2,6-7H2,1H3. The Kier molecular flexibility index (Phi) is 3.91. The van der Waals surface area contributed by atoms with Crippen molar-refractivity contribution in [3.8, 4) is 5.69 Å². The average Bonchev–Trinajstić information content (AvgIpc) is 3.19. The fourth-order valence-electron chi connectivity index (χ4n) is 2.32. The second-order valence-electron chi connectivity index (χ2n) is 4.93. The Bertz CT molecular complexity index is 673. The quantitative estimate of drug-likeness (QED) is 0.790. The molecule has 1 aromatic carbocycles. The zero-order chi connectivity index (χ0) is 15.0. The SMILES string of the molecule is CCOC(=O)c1c(C2CC2)cnn1-c1c(Cl)cccc1Cl. The molecule has 0 bridgehead atoms. The lowest BCUT2D eigenvalue weighted by atomic mass is 10.1. The molecule has 0 amide bonds. The zero-order valence-electron chi connectivity index (χ0n) is 11.5. The van der Waals surface area contributed by atoms with E-state index in [1.807, 2.05) is 0 Å².